The summed E-state index contributed by atoms with van der Waals surface area (Å²) in [6.45, 7) is 8.37. The minimum Gasteiger partial charge on any atom is -0.463 e. The van der Waals surface area contributed by atoms with Gasteiger partial charge in [0, 0.05) is 60.3 Å². The molecule has 2 saturated heterocycles. The van der Waals surface area contributed by atoms with E-state index in [-0.39, 0.29) is 13.2 Å². The van der Waals surface area contributed by atoms with Crippen LogP contribution in [0, 0.1) is 0 Å². The molecule has 0 aromatic carbocycles. The predicted molar refractivity (Wildman–Crippen MR) is 159 cm³/mol. The van der Waals surface area contributed by atoms with Gasteiger partial charge in [-0.05, 0) is 5.53 Å². The SMILES string of the molecule is CC(=O)OCC1OC(Cl)C(OC(C)=O)C(OC(C)=O)C1OC(C)=O.CC(=O)OCC1OC(N=[N+]=[N-])C(OC(C)=O)C(OC(C)=O)C1OC(C)=O. The van der Waals surface area contributed by atoms with Crippen molar-refractivity contribution in [3.63, 3.8) is 0 Å². The molecular weight excluding hydrogens is 702 g/mol. The zero-order valence-electron chi connectivity index (χ0n) is 28.3. The quantitative estimate of drug-likeness (QED) is 0.0703. The Morgan fingerprint density at radius 2 is 0.840 bits per heavy atom. The van der Waals surface area contributed by atoms with E-state index < -0.39 is 108 Å². The third kappa shape index (κ3) is 14.8. The van der Waals surface area contributed by atoms with Gasteiger partial charge in [-0.2, -0.15) is 0 Å². The Balaban J connectivity index is 0.000000502. The van der Waals surface area contributed by atoms with Crippen LogP contribution >= 0.6 is 11.6 Å². The molecular formula is C28H38ClN3O18. The van der Waals surface area contributed by atoms with Crippen LogP contribution in [0.5, 0.6) is 0 Å². The van der Waals surface area contributed by atoms with Gasteiger partial charge in [0.2, 0.25) is 0 Å². The van der Waals surface area contributed by atoms with Crippen LogP contribution in [-0.2, 0) is 85.7 Å². The van der Waals surface area contributed by atoms with Gasteiger partial charge < -0.3 is 47.4 Å². The van der Waals surface area contributed by atoms with Crippen LogP contribution in [0.1, 0.15) is 55.4 Å². The lowest BCUT2D eigenvalue weighted by molar-refractivity contribution is -0.251. The molecule has 10 atom stereocenters. The predicted octanol–water partition coefficient (Wildman–Crippen LogP) is 0.688. The van der Waals surface area contributed by atoms with Crippen molar-refractivity contribution in [2.24, 2.45) is 5.11 Å². The molecule has 50 heavy (non-hydrogen) atoms. The molecule has 2 fully saturated rings. The first-order chi connectivity index (χ1) is 23.3. The Morgan fingerprint density at radius 3 is 1.20 bits per heavy atom. The highest BCUT2D eigenvalue weighted by molar-refractivity contribution is 6.20. The minimum absolute atomic E-state index is 0.291. The second kappa shape index (κ2) is 20.7. The van der Waals surface area contributed by atoms with Gasteiger partial charge in [-0.1, -0.05) is 16.7 Å². The van der Waals surface area contributed by atoms with E-state index in [4.69, 9.17) is 64.5 Å². The molecule has 10 unspecified atom stereocenters. The van der Waals surface area contributed by atoms with Gasteiger partial charge in [0.05, 0.1) is 0 Å². The normalized spacial score (nSPS) is 28.3. The maximum Gasteiger partial charge on any atom is 0.303 e. The lowest BCUT2D eigenvalue weighted by Crippen LogP contribution is -2.61. The number of ether oxygens (including phenoxy) is 10. The maximum absolute atomic E-state index is 11.5. The monoisotopic (exact) mass is 739 g/mol. The molecule has 2 heterocycles. The average molecular weight is 740 g/mol. The highest BCUT2D eigenvalue weighted by Gasteiger charge is 2.53. The van der Waals surface area contributed by atoms with Crippen LogP contribution in [0.2, 0.25) is 0 Å². The number of azide groups is 1. The lowest BCUT2D eigenvalue weighted by Gasteiger charge is -2.43. The molecule has 0 radical (unpaired) electrons. The van der Waals surface area contributed by atoms with Crippen molar-refractivity contribution in [1.29, 1.82) is 0 Å². The molecule has 21 nitrogen and oxygen atoms in total. The number of carbonyl (C=O) groups is 8. The maximum atomic E-state index is 11.5. The first-order valence-corrected chi connectivity index (χ1v) is 15.0. The molecule has 0 bridgehead atoms. The van der Waals surface area contributed by atoms with E-state index in [0.717, 1.165) is 48.5 Å². The molecule has 0 N–H and O–H groups in total. The molecule has 2 rings (SSSR count). The zero-order valence-corrected chi connectivity index (χ0v) is 29.0. The van der Waals surface area contributed by atoms with Gasteiger partial charge in [0.25, 0.3) is 0 Å². The van der Waals surface area contributed by atoms with Crippen LogP contribution in [0.15, 0.2) is 5.11 Å². The van der Waals surface area contributed by atoms with Crippen LogP contribution in [-0.4, -0.2) is 122 Å². The Hall–Kier alpha value is -4.72. The van der Waals surface area contributed by atoms with E-state index in [2.05, 4.69) is 10.0 Å². The number of rotatable bonds is 11. The molecule has 0 aromatic rings. The van der Waals surface area contributed by atoms with Crippen molar-refractivity contribution in [3.8, 4) is 0 Å². The van der Waals surface area contributed by atoms with Gasteiger partial charge >= 0.3 is 47.8 Å². The summed E-state index contributed by atoms with van der Waals surface area (Å²) < 4.78 is 51.2. The van der Waals surface area contributed by atoms with Crippen LogP contribution in [0.4, 0.5) is 0 Å². The lowest BCUT2D eigenvalue weighted by atomic mass is 9.97. The minimum atomic E-state index is -1.40. The fraction of sp³-hybridized carbons (Fsp3) is 0.714. The molecule has 0 saturated carbocycles. The molecule has 0 spiro atoms. The van der Waals surface area contributed by atoms with Crippen LogP contribution in [0.3, 0.4) is 0 Å². The van der Waals surface area contributed by atoms with Crippen molar-refractivity contribution < 1.29 is 85.7 Å². The number of hydrogen-bond acceptors (Lipinski definition) is 19. The van der Waals surface area contributed by atoms with E-state index >= 15 is 0 Å². The van der Waals surface area contributed by atoms with E-state index in [0.29, 0.717) is 0 Å². The molecule has 22 heteroatoms. The second-order valence-corrected chi connectivity index (χ2v) is 10.8. The standard InChI is InChI=1S/C14H19ClO9.C14H19N3O9/c1-6(16)20-5-10-11(21-7(2)17)12(22-8(3)18)13(14(15)24-10)23-9(4)19;1-6(18)22-5-10-11(23-7(2)19)12(24-8(3)20)13(25-9(4)21)14(26-10)16-17-15/h10-14H,5H2,1-4H3;10-14H,5H2,1-4H3. The van der Waals surface area contributed by atoms with Crippen LogP contribution in [0.25, 0.3) is 10.4 Å². The van der Waals surface area contributed by atoms with Crippen LogP contribution < -0.4 is 0 Å². The van der Waals surface area contributed by atoms with E-state index in [9.17, 15) is 38.4 Å². The third-order valence-corrected chi connectivity index (χ3v) is 6.42. The van der Waals surface area contributed by atoms with Gasteiger partial charge in [-0.15, -0.1) is 0 Å². The zero-order chi connectivity index (χ0) is 38.3. The molecule has 0 aromatic heterocycles. The number of halogens is 1. The summed E-state index contributed by atoms with van der Waals surface area (Å²) in [5, 5.41) is 3.38. The first-order valence-electron chi connectivity index (χ1n) is 14.6. The fourth-order valence-electron chi connectivity index (χ4n) is 4.53. The Kier molecular flexibility index (Phi) is 17.9. The van der Waals surface area contributed by atoms with Gasteiger partial charge in [-0.3, -0.25) is 38.4 Å². The summed E-state index contributed by atoms with van der Waals surface area (Å²) in [6, 6.07) is 0. The molecule has 2 aliphatic heterocycles. The first kappa shape index (κ1) is 43.3. The van der Waals surface area contributed by atoms with Gasteiger partial charge in [0.1, 0.15) is 25.4 Å². The Labute approximate surface area is 289 Å². The number of nitrogens with zero attached hydrogens (tertiary/aromatic N) is 3. The molecule has 2 aliphatic rings. The second-order valence-electron chi connectivity index (χ2n) is 10.3. The highest BCUT2D eigenvalue weighted by Crippen LogP contribution is 2.32. The summed E-state index contributed by atoms with van der Waals surface area (Å²) >= 11 is 6.05. The van der Waals surface area contributed by atoms with Gasteiger partial charge in [0.15, 0.2) is 48.4 Å². The van der Waals surface area contributed by atoms with E-state index in [1.165, 1.54) is 6.92 Å². The number of carbonyl (C=O) groups excluding carboxylic acids is 8. The molecule has 0 aliphatic carbocycles. The topological polar surface area (TPSA) is 278 Å². The average Bonchev–Trinajstić information content (AvgIpc) is 2.96. The Morgan fingerprint density at radius 1 is 0.520 bits per heavy atom. The summed E-state index contributed by atoms with van der Waals surface area (Å²) in [5.74, 6) is -5.58. The van der Waals surface area contributed by atoms with E-state index in [1.807, 2.05) is 0 Å². The number of hydrogen-bond donors (Lipinski definition) is 0. The number of alkyl halides is 1. The fourth-order valence-corrected chi connectivity index (χ4v) is 4.85. The highest BCUT2D eigenvalue weighted by atomic mass is 35.5. The van der Waals surface area contributed by atoms with Crippen molar-refractivity contribution in [1.82, 2.24) is 0 Å². The number of esters is 8. The largest absolute Gasteiger partial charge is 0.463 e. The summed E-state index contributed by atoms with van der Waals surface area (Å²) in [6.07, 6.45) is -11.1. The van der Waals surface area contributed by atoms with E-state index in [1.54, 1.807) is 0 Å². The van der Waals surface area contributed by atoms with Crippen molar-refractivity contribution in [3.05, 3.63) is 10.4 Å². The molecule has 280 valence electrons. The third-order valence-electron chi connectivity index (χ3n) is 6.07. The van der Waals surface area contributed by atoms with Crippen molar-refractivity contribution in [2.75, 3.05) is 13.2 Å². The summed E-state index contributed by atoms with van der Waals surface area (Å²) in [4.78, 5) is 93.0. The Bertz CT molecular complexity index is 1320. The summed E-state index contributed by atoms with van der Waals surface area (Å²) in [5.41, 5.74) is 7.51. The summed E-state index contributed by atoms with van der Waals surface area (Å²) in [7, 11) is 0. The molecule has 0 amide bonds. The van der Waals surface area contributed by atoms with Crippen molar-refractivity contribution in [2.45, 2.75) is 116 Å². The smallest absolute Gasteiger partial charge is 0.303 e. The van der Waals surface area contributed by atoms with Gasteiger partial charge in [-0.25, -0.2) is 0 Å². The van der Waals surface area contributed by atoms with Crippen molar-refractivity contribution >= 4 is 59.4 Å².